The molecule has 1 unspecified atom stereocenters. The van der Waals surface area contributed by atoms with Gasteiger partial charge < -0.3 is 5.32 Å². The highest BCUT2D eigenvalue weighted by Crippen LogP contribution is 2.06. The van der Waals surface area contributed by atoms with Crippen molar-refractivity contribution in [2.75, 3.05) is 0 Å². The minimum Gasteiger partial charge on any atom is -0.310 e. The van der Waals surface area contributed by atoms with Crippen LogP contribution in [-0.2, 0) is 13.0 Å². The molecule has 1 aromatic carbocycles. The third-order valence-electron chi connectivity index (χ3n) is 3.16. The first-order chi connectivity index (χ1) is 8.88. The zero-order chi connectivity index (χ0) is 12.6. The van der Waals surface area contributed by atoms with Crippen molar-refractivity contribution in [2.45, 2.75) is 32.4 Å². The number of benzene rings is 1. The van der Waals surface area contributed by atoms with Crippen LogP contribution in [0.1, 0.15) is 24.5 Å². The molecular formula is C16H20N2. The summed E-state index contributed by atoms with van der Waals surface area (Å²) in [6, 6.07) is 15.3. The normalized spacial score (nSPS) is 12.3. The number of hydrogen-bond acceptors (Lipinski definition) is 2. The largest absolute Gasteiger partial charge is 0.310 e. The van der Waals surface area contributed by atoms with Crippen molar-refractivity contribution in [1.29, 1.82) is 0 Å². The summed E-state index contributed by atoms with van der Waals surface area (Å²) < 4.78 is 0. The van der Waals surface area contributed by atoms with Crippen molar-refractivity contribution >= 4 is 0 Å². The monoisotopic (exact) mass is 240 g/mol. The first-order valence-electron chi connectivity index (χ1n) is 6.54. The van der Waals surface area contributed by atoms with Gasteiger partial charge in [0.1, 0.15) is 0 Å². The molecule has 0 spiro atoms. The molecule has 1 aromatic heterocycles. The first-order valence-corrected chi connectivity index (χ1v) is 6.54. The zero-order valence-corrected chi connectivity index (χ0v) is 10.8. The van der Waals surface area contributed by atoms with Gasteiger partial charge in [0, 0.05) is 25.0 Å². The summed E-state index contributed by atoms with van der Waals surface area (Å²) in [6.07, 6.45) is 5.91. The van der Waals surface area contributed by atoms with Crippen molar-refractivity contribution in [3.05, 3.63) is 66.0 Å². The highest BCUT2D eigenvalue weighted by Gasteiger charge is 2.06. The molecule has 2 heteroatoms. The van der Waals surface area contributed by atoms with Crippen molar-refractivity contribution < 1.29 is 0 Å². The van der Waals surface area contributed by atoms with Crippen molar-refractivity contribution in [2.24, 2.45) is 0 Å². The van der Waals surface area contributed by atoms with E-state index >= 15 is 0 Å². The fourth-order valence-electron chi connectivity index (χ4n) is 2.02. The molecule has 0 saturated carbocycles. The smallest absolute Gasteiger partial charge is 0.0271 e. The van der Waals surface area contributed by atoms with E-state index in [2.05, 4.69) is 59.7 Å². The second kappa shape index (κ2) is 6.92. The number of rotatable bonds is 6. The van der Waals surface area contributed by atoms with Crippen molar-refractivity contribution in [1.82, 2.24) is 10.3 Å². The van der Waals surface area contributed by atoms with E-state index in [4.69, 9.17) is 0 Å². The summed E-state index contributed by atoms with van der Waals surface area (Å²) in [5.41, 5.74) is 2.68. The Labute approximate surface area is 109 Å². The maximum atomic E-state index is 4.03. The van der Waals surface area contributed by atoms with Crippen LogP contribution in [0.2, 0.25) is 0 Å². The van der Waals surface area contributed by atoms with Crippen LogP contribution in [-0.4, -0.2) is 11.0 Å². The molecule has 18 heavy (non-hydrogen) atoms. The predicted molar refractivity (Wildman–Crippen MR) is 75.3 cm³/mol. The fraction of sp³-hybridized carbons (Fsp3) is 0.312. The Kier molecular flexibility index (Phi) is 4.91. The van der Waals surface area contributed by atoms with Crippen LogP contribution in [0.5, 0.6) is 0 Å². The topological polar surface area (TPSA) is 24.9 Å². The molecular weight excluding hydrogens is 220 g/mol. The van der Waals surface area contributed by atoms with Crippen LogP contribution in [0.3, 0.4) is 0 Å². The van der Waals surface area contributed by atoms with E-state index in [1.807, 2.05) is 12.4 Å². The highest BCUT2D eigenvalue weighted by molar-refractivity contribution is 5.16. The van der Waals surface area contributed by atoms with E-state index in [9.17, 15) is 0 Å². The fourth-order valence-corrected chi connectivity index (χ4v) is 2.02. The van der Waals surface area contributed by atoms with Gasteiger partial charge >= 0.3 is 0 Å². The molecule has 0 aliphatic carbocycles. The molecule has 2 aromatic rings. The zero-order valence-electron chi connectivity index (χ0n) is 10.8. The van der Waals surface area contributed by atoms with Gasteiger partial charge in [-0.15, -0.1) is 0 Å². The molecule has 0 fully saturated rings. The lowest BCUT2D eigenvalue weighted by Crippen LogP contribution is -2.30. The maximum Gasteiger partial charge on any atom is 0.0271 e. The third-order valence-corrected chi connectivity index (χ3v) is 3.16. The maximum absolute atomic E-state index is 4.03. The minimum atomic E-state index is 0.528. The standard InChI is InChI=1S/C16H20N2/c1-2-16(12-14-6-4-3-5-7-14)18-13-15-8-10-17-11-9-15/h3-11,16,18H,2,12-13H2,1H3. The molecule has 0 saturated heterocycles. The average molecular weight is 240 g/mol. The first kappa shape index (κ1) is 12.8. The number of pyridine rings is 1. The molecule has 1 atom stereocenters. The van der Waals surface area contributed by atoms with E-state index in [1.165, 1.54) is 11.1 Å². The third kappa shape index (κ3) is 3.97. The Morgan fingerprint density at radius 2 is 1.72 bits per heavy atom. The van der Waals surface area contributed by atoms with Crippen LogP contribution in [0, 0.1) is 0 Å². The van der Waals surface area contributed by atoms with Crippen molar-refractivity contribution in [3.8, 4) is 0 Å². The Balaban J connectivity index is 1.86. The van der Waals surface area contributed by atoms with Gasteiger partial charge in [-0.05, 0) is 36.1 Å². The Hall–Kier alpha value is -1.67. The molecule has 0 amide bonds. The van der Waals surface area contributed by atoms with E-state index in [0.717, 1.165) is 19.4 Å². The molecule has 0 radical (unpaired) electrons. The number of hydrogen-bond donors (Lipinski definition) is 1. The quantitative estimate of drug-likeness (QED) is 0.838. The summed E-state index contributed by atoms with van der Waals surface area (Å²) in [5.74, 6) is 0. The molecule has 0 aliphatic heterocycles. The molecule has 0 bridgehead atoms. The van der Waals surface area contributed by atoms with Gasteiger partial charge in [-0.3, -0.25) is 4.98 Å². The van der Waals surface area contributed by atoms with Gasteiger partial charge in [-0.25, -0.2) is 0 Å². The lowest BCUT2D eigenvalue weighted by molar-refractivity contribution is 0.494. The van der Waals surface area contributed by atoms with E-state index < -0.39 is 0 Å². The van der Waals surface area contributed by atoms with Crippen molar-refractivity contribution in [3.63, 3.8) is 0 Å². The molecule has 1 N–H and O–H groups in total. The summed E-state index contributed by atoms with van der Waals surface area (Å²) in [6.45, 7) is 3.14. The number of nitrogens with one attached hydrogen (secondary N) is 1. The molecule has 2 rings (SSSR count). The Bertz CT molecular complexity index is 439. The van der Waals surface area contributed by atoms with Gasteiger partial charge in [-0.2, -0.15) is 0 Å². The van der Waals surface area contributed by atoms with Crippen LogP contribution < -0.4 is 5.32 Å². The van der Waals surface area contributed by atoms with E-state index in [1.54, 1.807) is 0 Å². The SMILES string of the molecule is CCC(Cc1ccccc1)NCc1ccncc1. The molecule has 94 valence electrons. The second-order valence-electron chi connectivity index (χ2n) is 4.53. The summed E-state index contributed by atoms with van der Waals surface area (Å²) in [7, 11) is 0. The second-order valence-corrected chi connectivity index (χ2v) is 4.53. The van der Waals surface area contributed by atoms with Gasteiger partial charge in [0.05, 0.1) is 0 Å². The van der Waals surface area contributed by atoms with E-state index in [0.29, 0.717) is 6.04 Å². The van der Waals surface area contributed by atoms with Crippen LogP contribution in [0.25, 0.3) is 0 Å². The van der Waals surface area contributed by atoms with Gasteiger partial charge in [0.2, 0.25) is 0 Å². The Morgan fingerprint density at radius 1 is 1.00 bits per heavy atom. The van der Waals surface area contributed by atoms with Crippen LogP contribution in [0.15, 0.2) is 54.9 Å². The summed E-state index contributed by atoms with van der Waals surface area (Å²) in [5, 5.41) is 3.61. The molecule has 0 aliphatic rings. The number of nitrogens with zero attached hydrogens (tertiary/aromatic N) is 1. The molecule has 2 nitrogen and oxygen atoms in total. The van der Waals surface area contributed by atoms with Crippen LogP contribution in [0.4, 0.5) is 0 Å². The van der Waals surface area contributed by atoms with Gasteiger partial charge in [-0.1, -0.05) is 37.3 Å². The summed E-state index contributed by atoms with van der Waals surface area (Å²) >= 11 is 0. The lowest BCUT2D eigenvalue weighted by Gasteiger charge is -2.17. The highest BCUT2D eigenvalue weighted by atomic mass is 14.9. The van der Waals surface area contributed by atoms with Crippen LogP contribution >= 0.6 is 0 Å². The van der Waals surface area contributed by atoms with E-state index in [-0.39, 0.29) is 0 Å². The average Bonchev–Trinajstić information content (AvgIpc) is 2.45. The number of aromatic nitrogens is 1. The summed E-state index contributed by atoms with van der Waals surface area (Å²) in [4.78, 5) is 4.03. The predicted octanol–water partition coefficient (Wildman–Crippen LogP) is 3.19. The Morgan fingerprint density at radius 3 is 2.39 bits per heavy atom. The molecule has 1 heterocycles. The minimum absolute atomic E-state index is 0.528. The van der Waals surface area contributed by atoms with Gasteiger partial charge in [0.15, 0.2) is 0 Å². The van der Waals surface area contributed by atoms with Gasteiger partial charge in [0.25, 0.3) is 0 Å². The lowest BCUT2D eigenvalue weighted by atomic mass is 10.0.